The summed E-state index contributed by atoms with van der Waals surface area (Å²) in [6, 6.07) is 0. The molecule has 1 aromatic rings. The molecule has 0 bridgehead atoms. The number of hydrogen-bond donors (Lipinski definition) is 1. The molecule has 66 valence electrons. The first-order valence-corrected chi connectivity index (χ1v) is 4.93. The van der Waals surface area contributed by atoms with Crippen molar-refractivity contribution in [3.63, 3.8) is 0 Å². The van der Waals surface area contributed by atoms with Gasteiger partial charge in [0.05, 0.1) is 6.20 Å². The van der Waals surface area contributed by atoms with E-state index < -0.39 is 0 Å². The summed E-state index contributed by atoms with van der Waals surface area (Å²) in [6.07, 6.45) is 3.98. The van der Waals surface area contributed by atoms with Gasteiger partial charge in [0.2, 0.25) is 0 Å². The van der Waals surface area contributed by atoms with E-state index in [2.05, 4.69) is 25.9 Å². The number of rotatable bonds is 1. The SMILES string of the molecule is Brc1cnc(C2CCOCC2)[nH]1. The smallest absolute Gasteiger partial charge is 0.110 e. The van der Waals surface area contributed by atoms with Gasteiger partial charge < -0.3 is 9.72 Å². The van der Waals surface area contributed by atoms with Gasteiger partial charge >= 0.3 is 0 Å². The van der Waals surface area contributed by atoms with Crippen molar-refractivity contribution >= 4 is 15.9 Å². The van der Waals surface area contributed by atoms with Crippen molar-refractivity contribution in [1.29, 1.82) is 0 Å². The minimum atomic E-state index is 0.560. The zero-order valence-corrected chi connectivity index (χ0v) is 8.30. The lowest BCUT2D eigenvalue weighted by molar-refractivity contribution is 0.0837. The van der Waals surface area contributed by atoms with E-state index in [0.717, 1.165) is 36.5 Å². The lowest BCUT2D eigenvalue weighted by atomic mass is 10.00. The van der Waals surface area contributed by atoms with Crippen LogP contribution in [0.5, 0.6) is 0 Å². The minimum absolute atomic E-state index is 0.560. The number of aromatic nitrogens is 2. The normalized spacial score (nSPS) is 19.8. The Morgan fingerprint density at radius 3 is 2.83 bits per heavy atom. The monoisotopic (exact) mass is 230 g/mol. The summed E-state index contributed by atoms with van der Waals surface area (Å²) in [5.74, 6) is 1.65. The Morgan fingerprint density at radius 1 is 1.50 bits per heavy atom. The molecule has 0 aliphatic carbocycles. The van der Waals surface area contributed by atoms with E-state index in [1.165, 1.54) is 0 Å². The van der Waals surface area contributed by atoms with Crippen LogP contribution in [0, 0.1) is 0 Å². The van der Waals surface area contributed by atoms with Crippen LogP contribution in [-0.4, -0.2) is 23.2 Å². The molecular weight excluding hydrogens is 220 g/mol. The van der Waals surface area contributed by atoms with Crippen molar-refractivity contribution in [1.82, 2.24) is 9.97 Å². The fourth-order valence-corrected chi connectivity index (χ4v) is 1.80. The first-order valence-electron chi connectivity index (χ1n) is 4.14. The standard InChI is InChI=1S/C8H11BrN2O/c9-7-5-10-8(11-7)6-1-3-12-4-2-6/h5-6H,1-4H2,(H,10,11). The molecule has 0 atom stereocenters. The van der Waals surface area contributed by atoms with Gasteiger partial charge in [0.1, 0.15) is 10.4 Å². The molecule has 0 amide bonds. The van der Waals surface area contributed by atoms with Gasteiger partial charge in [-0.1, -0.05) is 0 Å². The molecule has 0 radical (unpaired) electrons. The van der Waals surface area contributed by atoms with E-state index in [-0.39, 0.29) is 0 Å². The van der Waals surface area contributed by atoms with Gasteiger partial charge in [0.15, 0.2) is 0 Å². The Kier molecular flexibility index (Phi) is 2.46. The molecule has 1 aromatic heterocycles. The molecule has 2 heterocycles. The number of imidazole rings is 1. The molecule has 3 nitrogen and oxygen atoms in total. The number of H-pyrrole nitrogens is 1. The summed E-state index contributed by atoms with van der Waals surface area (Å²) in [5.41, 5.74) is 0. The first kappa shape index (κ1) is 8.26. The van der Waals surface area contributed by atoms with Crippen molar-refractivity contribution in [3.8, 4) is 0 Å². The molecule has 12 heavy (non-hydrogen) atoms. The number of halogens is 1. The Morgan fingerprint density at radius 2 is 2.25 bits per heavy atom. The third kappa shape index (κ3) is 1.69. The average molecular weight is 231 g/mol. The summed E-state index contributed by atoms with van der Waals surface area (Å²) in [7, 11) is 0. The second-order valence-corrected chi connectivity index (χ2v) is 3.86. The van der Waals surface area contributed by atoms with Crippen LogP contribution in [0.25, 0.3) is 0 Å². The molecule has 1 aliphatic rings. The minimum Gasteiger partial charge on any atom is -0.381 e. The van der Waals surface area contributed by atoms with Crippen LogP contribution in [0.3, 0.4) is 0 Å². The lowest BCUT2D eigenvalue weighted by Crippen LogP contribution is -2.15. The summed E-state index contributed by atoms with van der Waals surface area (Å²) in [5, 5.41) is 0. The fraction of sp³-hybridized carbons (Fsp3) is 0.625. The average Bonchev–Trinajstić information content (AvgIpc) is 2.54. The lowest BCUT2D eigenvalue weighted by Gasteiger charge is -2.19. The predicted molar refractivity (Wildman–Crippen MR) is 49.1 cm³/mol. The molecule has 1 N–H and O–H groups in total. The molecule has 2 rings (SSSR count). The summed E-state index contributed by atoms with van der Waals surface area (Å²) in [6.45, 7) is 1.73. The maximum absolute atomic E-state index is 5.27. The van der Waals surface area contributed by atoms with Crippen LogP contribution in [0.2, 0.25) is 0 Å². The maximum atomic E-state index is 5.27. The van der Waals surface area contributed by atoms with Gasteiger partial charge in [-0.25, -0.2) is 4.98 Å². The topological polar surface area (TPSA) is 37.9 Å². The molecule has 0 spiro atoms. The Bertz CT molecular complexity index is 255. The molecule has 0 aromatic carbocycles. The van der Waals surface area contributed by atoms with Gasteiger partial charge in [-0.2, -0.15) is 0 Å². The summed E-state index contributed by atoms with van der Waals surface area (Å²) >= 11 is 3.35. The van der Waals surface area contributed by atoms with Crippen LogP contribution in [0.15, 0.2) is 10.8 Å². The van der Waals surface area contributed by atoms with E-state index in [9.17, 15) is 0 Å². The molecule has 0 saturated carbocycles. The highest BCUT2D eigenvalue weighted by atomic mass is 79.9. The van der Waals surface area contributed by atoms with Crippen molar-refractivity contribution in [2.24, 2.45) is 0 Å². The van der Waals surface area contributed by atoms with E-state index in [1.807, 2.05) is 6.20 Å². The van der Waals surface area contributed by atoms with Gasteiger partial charge in [-0.05, 0) is 28.8 Å². The van der Waals surface area contributed by atoms with Crippen LogP contribution >= 0.6 is 15.9 Å². The molecule has 1 saturated heterocycles. The van der Waals surface area contributed by atoms with Gasteiger partial charge in [-0.15, -0.1) is 0 Å². The fourth-order valence-electron chi connectivity index (χ4n) is 1.49. The van der Waals surface area contributed by atoms with E-state index >= 15 is 0 Å². The third-order valence-corrected chi connectivity index (χ3v) is 2.58. The van der Waals surface area contributed by atoms with E-state index in [1.54, 1.807) is 0 Å². The second-order valence-electron chi connectivity index (χ2n) is 3.00. The Labute approximate surface area is 79.7 Å². The van der Waals surface area contributed by atoms with Crippen LogP contribution in [-0.2, 0) is 4.74 Å². The number of hydrogen-bond acceptors (Lipinski definition) is 2. The largest absolute Gasteiger partial charge is 0.381 e. The van der Waals surface area contributed by atoms with Crippen LogP contribution in [0.1, 0.15) is 24.6 Å². The van der Waals surface area contributed by atoms with Crippen LogP contribution < -0.4 is 0 Å². The number of nitrogens with zero attached hydrogens (tertiary/aromatic N) is 1. The van der Waals surface area contributed by atoms with E-state index in [4.69, 9.17) is 4.74 Å². The Hall–Kier alpha value is -0.350. The molecule has 0 unspecified atom stereocenters. The second kappa shape index (κ2) is 3.58. The van der Waals surface area contributed by atoms with Gasteiger partial charge in [0, 0.05) is 19.1 Å². The third-order valence-electron chi connectivity index (χ3n) is 2.17. The summed E-state index contributed by atoms with van der Waals surface area (Å²) < 4.78 is 6.24. The quantitative estimate of drug-likeness (QED) is 0.803. The van der Waals surface area contributed by atoms with Crippen molar-refractivity contribution < 1.29 is 4.74 Å². The van der Waals surface area contributed by atoms with Crippen molar-refractivity contribution in [3.05, 3.63) is 16.6 Å². The predicted octanol–water partition coefficient (Wildman–Crippen LogP) is 2.07. The van der Waals surface area contributed by atoms with Crippen LogP contribution in [0.4, 0.5) is 0 Å². The van der Waals surface area contributed by atoms with Crippen molar-refractivity contribution in [2.45, 2.75) is 18.8 Å². The molecular formula is C8H11BrN2O. The molecule has 1 aliphatic heterocycles. The highest BCUT2D eigenvalue weighted by Gasteiger charge is 2.17. The van der Waals surface area contributed by atoms with Crippen molar-refractivity contribution in [2.75, 3.05) is 13.2 Å². The number of ether oxygens (including phenoxy) is 1. The zero-order chi connectivity index (χ0) is 8.39. The van der Waals surface area contributed by atoms with Gasteiger partial charge in [-0.3, -0.25) is 0 Å². The first-order chi connectivity index (χ1) is 5.86. The van der Waals surface area contributed by atoms with Gasteiger partial charge in [0.25, 0.3) is 0 Å². The maximum Gasteiger partial charge on any atom is 0.110 e. The van der Waals surface area contributed by atoms with E-state index in [0.29, 0.717) is 5.92 Å². The number of nitrogens with one attached hydrogen (secondary N) is 1. The highest BCUT2D eigenvalue weighted by Crippen LogP contribution is 2.24. The summed E-state index contributed by atoms with van der Waals surface area (Å²) in [4.78, 5) is 7.48. The Balaban J connectivity index is 2.08. The number of aromatic amines is 1. The zero-order valence-electron chi connectivity index (χ0n) is 6.72. The highest BCUT2D eigenvalue weighted by molar-refractivity contribution is 9.10. The molecule has 1 fully saturated rings. The molecule has 4 heteroatoms.